The zero-order valence-electron chi connectivity index (χ0n) is 11.1. The highest BCUT2D eigenvalue weighted by Gasteiger charge is 2.24. The second-order valence-electron chi connectivity index (χ2n) is 4.24. The normalized spacial score (nSPS) is 11.7. The monoisotopic (exact) mass is 264 g/mol. The maximum absolute atomic E-state index is 12.1. The smallest absolute Gasteiger partial charge is 0.282 e. The highest BCUT2D eigenvalue weighted by atomic mass is 16.6. The number of hydrogen-bond donors (Lipinski definition) is 1. The van der Waals surface area contributed by atoms with Gasteiger partial charge in [0, 0.05) is 12.5 Å². The molecule has 1 N–H and O–H groups in total. The molecule has 1 unspecified atom stereocenters. The van der Waals surface area contributed by atoms with Crippen LogP contribution in [-0.2, 0) is 4.79 Å². The molecule has 1 atom stereocenters. The molecular weight excluding hydrogens is 248 g/mol. The fraction of sp³-hybridized carbons (Fsp3) is 0.385. The summed E-state index contributed by atoms with van der Waals surface area (Å²) in [6.07, 6.45) is 0.303. The van der Waals surface area contributed by atoms with Gasteiger partial charge in [-0.15, -0.1) is 0 Å². The zero-order chi connectivity index (χ0) is 14.6. The van der Waals surface area contributed by atoms with Crippen LogP contribution < -0.4 is 5.32 Å². The number of rotatable bonds is 5. The second kappa shape index (κ2) is 6.08. The van der Waals surface area contributed by atoms with Crippen molar-refractivity contribution in [1.82, 2.24) is 5.32 Å². The molecule has 0 saturated carbocycles. The van der Waals surface area contributed by atoms with Gasteiger partial charge < -0.3 is 5.32 Å². The fourth-order valence-electron chi connectivity index (χ4n) is 1.76. The maximum Gasteiger partial charge on any atom is 0.282 e. The molecule has 0 aliphatic heterocycles. The minimum atomic E-state index is -0.656. The Hall–Kier alpha value is -2.24. The summed E-state index contributed by atoms with van der Waals surface area (Å²) in [5, 5.41) is 13.4. The summed E-state index contributed by atoms with van der Waals surface area (Å²) >= 11 is 0. The number of carbonyl (C=O) groups excluding carboxylic acids is 2. The van der Waals surface area contributed by atoms with Gasteiger partial charge in [-0.05, 0) is 19.4 Å². The van der Waals surface area contributed by atoms with Crippen molar-refractivity contribution in [3.8, 4) is 0 Å². The van der Waals surface area contributed by atoms with Crippen molar-refractivity contribution >= 4 is 17.4 Å². The van der Waals surface area contributed by atoms with E-state index in [1.807, 2.05) is 0 Å². The van der Waals surface area contributed by atoms with Crippen LogP contribution in [0.2, 0.25) is 0 Å². The molecule has 0 saturated heterocycles. The van der Waals surface area contributed by atoms with Crippen LogP contribution in [0.15, 0.2) is 18.2 Å². The number of amides is 1. The molecule has 6 heteroatoms. The molecule has 1 aromatic rings. The number of carbonyl (C=O) groups is 2. The number of aryl methyl sites for hydroxylation is 1. The molecule has 0 aliphatic carbocycles. The standard InChI is InChI=1S/C13H16N2O4/c1-4-11(16)9(3)14-13(17)12-8(2)6-5-7-10(12)15(18)19/h5-7,9H,4H2,1-3H3,(H,14,17). The van der Waals surface area contributed by atoms with E-state index in [1.165, 1.54) is 12.1 Å². The van der Waals surface area contributed by atoms with Crippen LogP contribution in [0.25, 0.3) is 0 Å². The molecule has 0 aromatic heterocycles. The number of Topliss-reactive ketones (excluding diaryl/α,β-unsaturated/α-hetero) is 1. The number of nitro benzene ring substituents is 1. The number of benzene rings is 1. The van der Waals surface area contributed by atoms with Crippen LogP contribution in [0.5, 0.6) is 0 Å². The van der Waals surface area contributed by atoms with E-state index in [0.29, 0.717) is 12.0 Å². The van der Waals surface area contributed by atoms with Gasteiger partial charge in [-0.25, -0.2) is 0 Å². The topological polar surface area (TPSA) is 89.3 Å². The molecule has 0 aliphatic rings. The summed E-state index contributed by atoms with van der Waals surface area (Å²) in [6, 6.07) is 3.75. The third-order valence-corrected chi connectivity index (χ3v) is 2.85. The largest absolute Gasteiger partial charge is 0.342 e. The van der Waals surface area contributed by atoms with Crippen molar-refractivity contribution < 1.29 is 14.5 Å². The van der Waals surface area contributed by atoms with Crippen LogP contribution in [0.4, 0.5) is 5.69 Å². The van der Waals surface area contributed by atoms with E-state index in [1.54, 1.807) is 26.8 Å². The van der Waals surface area contributed by atoms with E-state index in [-0.39, 0.29) is 17.0 Å². The van der Waals surface area contributed by atoms with Gasteiger partial charge in [0.15, 0.2) is 5.78 Å². The summed E-state index contributed by atoms with van der Waals surface area (Å²) in [6.45, 7) is 4.88. The summed E-state index contributed by atoms with van der Waals surface area (Å²) in [5.74, 6) is -0.719. The van der Waals surface area contributed by atoms with Gasteiger partial charge in [-0.3, -0.25) is 19.7 Å². The van der Waals surface area contributed by atoms with Gasteiger partial charge in [0.1, 0.15) is 5.56 Å². The summed E-state index contributed by atoms with van der Waals surface area (Å²) in [4.78, 5) is 33.8. The molecule has 0 fully saturated rings. The fourth-order valence-corrected chi connectivity index (χ4v) is 1.76. The number of hydrogen-bond acceptors (Lipinski definition) is 4. The Labute approximate surface area is 111 Å². The summed E-state index contributed by atoms with van der Waals surface area (Å²) in [5.41, 5.74) is 0.250. The average molecular weight is 264 g/mol. The van der Waals surface area contributed by atoms with Crippen molar-refractivity contribution in [2.75, 3.05) is 0 Å². The van der Waals surface area contributed by atoms with Crippen LogP contribution >= 0.6 is 0 Å². The van der Waals surface area contributed by atoms with Crippen LogP contribution in [-0.4, -0.2) is 22.7 Å². The third-order valence-electron chi connectivity index (χ3n) is 2.85. The van der Waals surface area contributed by atoms with Crippen molar-refractivity contribution in [2.45, 2.75) is 33.2 Å². The highest BCUT2D eigenvalue weighted by molar-refractivity contribution is 6.01. The second-order valence-corrected chi connectivity index (χ2v) is 4.24. The van der Waals surface area contributed by atoms with E-state index in [2.05, 4.69) is 5.32 Å². The van der Waals surface area contributed by atoms with Crippen molar-refractivity contribution in [2.24, 2.45) is 0 Å². The number of nitro groups is 1. The van der Waals surface area contributed by atoms with Crippen LogP contribution in [0.1, 0.15) is 36.2 Å². The quantitative estimate of drug-likeness (QED) is 0.650. The lowest BCUT2D eigenvalue weighted by atomic mass is 10.0. The third kappa shape index (κ3) is 3.37. The molecule has 1 aromatic carbocycles. The molecule has 0 spiro atoms. The number of ketones is 1. The van der Waals surface area contributed by atoms with Gasteiger partial charge in [0.2, 0.25) is 0 Å². The van der Waals surface area contributed by atoms with Gasteiger partial charge in [-0.2, -0.15) is 0 Å². The van der Waals surface area contributed by atoms with E-state index < -0.39 is 16.9 Å². The molecule has 1 rings (SSSR count). The van der Waals surface area contributed by atoms with Crippen LogP contribution in [0.3, 0.4) is 0 Å². The first-order chi connectivity index (χ1) is 8.88. The lowest BCUT2D eigenvalue weighted by Gasteiger charge is -2.13. The summed E-state index contributed by atoms with van der Waals surface area (Å²) < 4.78 is 0. The molecule has 102 valence electrons. The lowest BCUT2D eigenvalue weighted by Crippen LogP contribution is -2.38. The lowest BCUT2D eigenvalue weighted by molar-refractivity contribution is -0.385. The predicted molar refractivity (Wildman–Crippen MR) is 70.1 cm³/mol. The molecule has 0 heterocycles. The van der Waals surface area contributed by atoms with Gasteiger partial charge in [-0.1, -0.05) is 19.1 Å². The van der Waals surface area contributed by atoms with E-state index in [4.69, 9.17) is 0 Å². The van der Waals surface area contributed by atoms with Gasteiger partial charge in [0.25, 0.3) is 11.6 Å². The number of nitrogens with one attached hydrogen (secondary N) is 1. The Bertz CT molecular complexity index is 525. The molecule has 19 heavy (non-hydrogen) atoms. The Balaban J connectivity index is 3.06. The maximum atomic E-state index is 12.1. The first kappa shape index (κ1) is 14.8. The van der Waals surface area contributed by atoms with E-state index in [9.17, 15) is 19.7 Å². The molecule has 1 amide bonds. The van der Waals surface area contributed by atoms with Crippen LogP contribution in [0, 0.1) is 17.0 Å². The Kier molecular flexibility index (Phi) is 4.74. The van der Waals surface area contributed by atoms with Crippen molar-refractivity contribution in [1.29, 1.82) is 0 Å². The van der Waals surface area contributed by atoms with E-state index in [0.717, 1.165) is 0 Å². The predicted octanol–water partition coefficient (Wildman–Crippen LogP) is 2.00. The first-order valence-corrected chi connectivity index (χ1v) is 5.96. The van der Waals surface area contributed by atoms with Gasteiger partial charge >= 0.3 is 0 Å². The van der Waals surface area contributed by atoms with Crippen molar-refractivity contribution in [3.05, 3.63) is 39.4 Å². The molecule has 0 bridgehead atoms. The Morgan fingerprint density at radius 3 is 2.58 bits per heavy atom. The highest BCUT2D eigenvalue weighted by Crippen LogP contribution is 2.21. The molecule has 0 radical (unpaired) electrons. The minimum Gasteiger partial charge on any atom is -0.342 e. The Morgan fingerprint density at radius 2 is 2.05 bits per heavy atom. The van der Waals surface area contributed by atoms with E-state index >= 15 is 0 Å². The molecular formula is C13H16N2O4. The first-order valence-electron chi connectivity index (χ1n) is 5.96. The SMILES string of the molecule is CCC(=O)C(C)NC(=O)c1c(C)cccc1[N+](=O)[O-]. The summed E-state index contributed by atoms with van der Waals surface area (Å²) in [7, 11) is 0. The average Bonchev–Trinajstić information content (AvgIpc) is 2.36. The van der Waals surface area contributed by atoms with Gasteiger partial charge in [0.05, 0.1) is 11.0 Å². The molecule has 6 nitrogen and oxygen atoms in total. The van der Waals surface area contributed by atoms with Crippen molar-refractivity contribution in [3.63, 3.8) is 0 Å². The Morgan fingerprint density at radius 1 is 1.42 bits per heavy atom. The number of nitrogens with zero attached hydrogens (tertiary/aromatic N) is 1. The minimum absolute atomic E-state index is 0.00301. The zero-order valence-corrected chi connectivity index (χ0v) is 11.1.